The Morgan fingerprint density at radius 3 is 2.54 bits per heavy atom. The molecule has 5 nitrogen and oxygen atoms in total. The standard InChI is InChI=1S/C22H26N2O3S/c1-16(9-10-17-6-3-2-4-7-17)23-28(26,27)20-14-18-8-5-13-24-21(25)12-11-19(15-20)22(18)24/h2-4,6-7,14-16,23H,5,8-13H2,1H3/t16-/m1/s1. The number of carbonyl (C=O) groups is 1. The summed E-state index contributed by atoms with van der Waals surface area (Å²) < 4.78 is 28.8. The first-order valence-corrected chi connectivity index (χ1v) is 11.4. The molecular formula is C22H26N2O3S. The minimum atomic E-state index is -3.59. The van der Waals surface area contributed by atoms with E-state index in [9.17, 15) is 13.2 Å². The van der Waals surface area contributed by atoms with E-state index in [1.54, 1.807) is 12.1 Å². The summed E-state index contributed by atoms with van der Waals surface area (Å²) >= 11 is 0. The summed E-state index contributed by atoms with van der Waals surface area (Å²) in [7, 11) is -3.59. The summed E-state index contributed by atoms with van der Waals surface area (Å²) in [6.45, 7) is 2.64. The fourth-order valence-corrected chi connectivity index (χ4v) is 5.57. The number of carbonyl (C=O) groups excluding carboxylic acids is 1. The molecule has 148 valence electrons. The second kappa shape index (κ2) is 7.68. The van der Waals surface area contributed by atoms with Gasteiger partial charge < -0.3 is 4.90 Å². The molecule has 0 saturated carbocycles. The molecule has 0 fully saturated rings. The van der Waals surface area contributed by atoms with Crippen molar-refractivity contribution < 1.29 is 13.2 Å². The van der Waals surface area contributed by atoms with E-state index in [-0.39, 0.29) is 11.9 Å². The van der Waals surface area contributed by atoms with E-state index < -0.39 is 10.0 Å². The molecule has 6 heteroatoms. The third-order valence-corrected chi connectivity index (χ3v) is 7.19. The van der Waals surface area contributed by atoms with Crippen molar-refractivity contribution in [2.24, 2.45) is 0 Å². The molecule has 1 atom stereocenters. The van der Waals surface area contributed by atoms with Gasteiger partial charge in [0.25, 0.3) is 0 Å². The van der Waals surface area contributed by atoms with E-state index in [2.05, 4.69) is 16.9 Å². The Bertz CT molecular complexity index is 969. The lowest BCUT2D eigenvalue weighted by Crippen LogP contribution is -2.39. The Morgan fingerprint density at radius 2 is 1.79 bits per heavy atom. The molecule has 2 aliphatic rings. The third kappa shape index (κ3) is 3.84. The van der Waals surface area contributed by atoms with Crippen LogP contribution in [0.25, 0.3) is 0 Å². The van der Waals surface area contributed by atoms with Gasteiger partial charge in [-0.2, -0.15) is 0 Å². The number of sulfonamides is 1. The molecular weight excluding hydrogens is 372 g/mol. The maximum absolute atomic E-state index is 13.0. The molecule has 2 aromatic carbocycles. The van der Waals surface area contributed by atoms with Gasteiger partial charge in [-0.15, -0.1) is 0 Å². The van der Waals surface area contributed by atoms with Crippen molar-refractivity contribution in [1.82, 2.24) is 4.72 Å². The molecule has 2 aromatic rings. The Labute approximate surface area is 166 Å². The summed E-state index contributed by atoms with van der Waals surface area (Å²) in [5.41, 5.74) is 4.12. The van der Waals surface area contributed by atoms with Gasteiger partial charge in [-0.1, -0.05) is 30.3 Å². The lowest BCUT2D eigenvalue weighted by atomic mass is 9.92. The molecule has 0 unspecified atom stereocenters. The molecule has 0 bridgehead atoms. The van der Waals surface area contributed by atoms with Gasteiger partial charge in [0.1, 0.15) is 0 Å². The van der Waals surface area contributed by atoms with E-state index in [0.29, 0.717) is 17.7 Å². The summed E-state index contributed by atoms with van der Waals surface area (Å²) in [5, 5.41) is 0. The quantitative estimate of drug-likeness (QED) is 0.813. The zero-order valence-corrected chi connectivity index (χ0v) is 17.0. The Kier molecular flexibility index (Phi) is 5.25. The van der Waals surface area contributed by atoms with Crippen LogP contribution in [0.2, 0.25) is 0 Å². The molecule has 2 aliphatic heterocycles. The molecule has 0 saturated heterocycles. The Hall–Kier alpha value is -2.18. The minimum absolute atomic E-state index is 0.150. The lowest BCUT2D eigenvalue weighted by molar-refractivity contribution is -0.119. The van der Waals surface area contributed by atoms with Gasteiger partial charge in [0.2, 0.25) is 15.9 Å². The second-order valence-corrected chi connectivity index (χ2v) is 9.50. The van der Waals surface area contributed by atoms with Crippen LogP contribution in [0.3, 0.4) is 0 Å². The van der Waals surface area contributed by atoms with Crippen LogP contribution < -0.4 is 9.62 Å². The van der Waals surface area contributed by atoms with Crippen LogP contribution in [0.4, 0.5) is 5.69 Å². The summed E-state index contributed by atoms with van der Waals surface area (Å²) in [4.78, 5) is 14.3. The van der Waals surface area contributed by atoms with E-state index in [0.717, 1.165) is 49.0 Å². The largest absolute Gasteiger partial charge is 0.312 e. The van der Waals surface area contributed by atoms with Crippen LogP contribution in [-0.4, -0.2) is 26.9 Å². The van der Waals surface area contributed by atoms with Gasteiger partial charge in [-0.25, -0.2) is 13.1 Å². The Morgan fingerprint density at radius 1 is 1.07 bits per heavy atom. The second-order valence-electron chi connectivity index (χ2n) is 7.79. The average molecular weight is 399 g/mol. The lowest BCUT2D eigenvalue weighted by Gasteiger charge is -2.35. The van der Waals surface area contributed by atoms with Crippen molar-refractivity contribution in [2.45, 2.75) is 56.4 Å². The van der Waals surface area contributed by atoms with Crippen molar-refractivity contribution in [3.8, 4) is 0 Å². The predicted molar refractivity (Wildman–Crippen MR) is 110 cm³/mol. The summed E-state index contributed by atoms with van der Waals surface area (Å²) in [6.07, 6.45) is 4.34. The molecule has 0 radical (unpaired) electrons. The van der Waals surface area contributed by atoms with Gasteiger partial charge in [-0.05, 0) is 67.9 Å². The zero-order chi connectivity index (χ0) is 19.7. The first kappa shape index (κ1) is 19.2. The number of nitrogens with zero attached hydrogens (tertiary/aromatic N) is 1. The molecule has 4 rings (SSSR count). The number of benzene rings is 2. The van der Waals surface area contributed by atoms with Crippen LogP contribution in [0, 0.1) is 0 Å². The number of hydrogen-bond donors (Lipinski definition) is 1. The van der Waals surface area contributed by atoms with Gasteiger partial charge in [0.05, 0.1) is 10.6 Å². The molecule has 2 heterocycles. The topological polar surface area (TPSA) is 66.5 Å². The third-order valence-electron chi connectivity index (χ3n) is 5.62. The number of rotatable bonds is 6. The highest BCUT2D eigenvalue weighted by atomic mass is 32.2. The molecule has 0 spiro atoms. The van der Waals surface area contributed by atoms with Crippen LogP contribution in [0.1, 0.15) is 42.9 Å². The van der Waals surface area contributed by atoms with Gasteiger partial charge >= 0.3 is 0 Å². The first-order valence-electron chi connectivity index (χ1n) is 9.96. The fraction of sp³-hybridized carbons (Fsp3) is 0.409. The van der Waals surface area contributed by atoms with E-state index >= 15 is 0 Å². The minimum Gasteiger partial charge on any atom is -0.312 e. The van der Waals surface area contributed by atoms with Gasteiger partial charge in [-0.3, -0.25) is 4.79 Å². The number of anilines is 1. The van der Waals surface area contributed by atoms with Crippen molar-refractivity contribution in [1.29, 1.82) is 0 Å². The molecule has 28 heavy (non-hydrogen) atoms. The number of amides is 1. The highest BCUT2D eigenvalue weighted by molar-refractivity contribution is 7.89. The van der Waals surface area contributed by atoms with Crippen molar-refractivity contribution >= 4 is 21.6 Å². The van der Waals surface area contributed by atoms with Gasteiger partial charge in [0, 0.05) is 19.0 Å². The molecule has 0 aromatic heterocycles. The van der Waals surface area contributed by atoms with Crippen LogP contribution in [-0.2, 0) is 34.1 Å². The molecule has 1 amide bonds. The maximum Gasteiger partial charge on any atom is 0.240 e. The number of aryl methyl sites for hydroxylation is 3. The SMILES string of the molecule is C[C@H](CCc1ccccc1)NS(=O)(=O)c1cc2c3c(c1)CCC(=O)N3CCC2. The monoisotopic (exact) mass is 398 g/mol. The number of nitrogens with one attached hydrogen (secondary N) is 1. The normalized spacial score (nSPS) is 17.3. The predicted octanol–water partition coefficient (Wildman–Crippen LogP) is 3.21. The van der Waals surface area contributed by atoms with Crippen molar-refractivity contribution in [3.63, 3.8) is 0 Å². The average Bonchev–Trinajstić information content (AvgIpc) is 2.69. The summed E-state index contributed by atoms with van der Waals surface area (Å²) in [6, 6.07) is 13.5. The van der Waals surface area contributed by atoms with Gasteiger partial charge in [0.15, 0.2) is 0 Å². The fourth-order valence-electron chi connectivity index (χ4n) is 4.20. The number of hydrogen-bond acceptors (Lipinski definition) is 3. The smallest absolute Gasteiger partial charge is 0.240 e. The van der Waals surface area contributed by atoms with Crippen molar-refractivity contribution in [3.05, 3.63) is 59.2 Å². The van der Waals surface area contributed by atoms with Crippen LogP contribution >= 0.6 is 0 Å². The molecule has 0 aliphatic carbocycles. The maximum atomic E-state index is 13.0. The van der Waals surface area contributed by atoms with E-state index in [4.69, 9.17) is 0 Å². The van der Waals surface area contributed by atoms with Crippen LogP contribution in [0.15, 0.2) is 47.4 Å². The summed E-state index contributed by atoms with van der Waals surface area (Å²) in [5.74, 6) is 0.150. The highest BCUT2D eigenvalue weighted by Crippen LogP contribution is 2.37. The Balaban J connectivity index is 1.52. The van der Waals surface area contributed by atoms with Crippen LogP contribution in [0.5, 0.6) is 0 Å². The van der Waals surface area contributed by atoms with Crippen molar-refractivity contribution in [2.75, 3.05) is 11.4 Å². The molecule has 1 N–H and O–H groups in total. The van der Waals surface area contributed by atoms with E-state index in [1.807, 2.05) is 30.0 Å². The zero-order valence-electron chi connectivity index (χ0n) is 16.1. The van der Waals surface area contributed by atoms with E-state index in [1.165, 1.54) is 5.56 Å². The highest BCUT2D eigenvalue weighted by Gasteiger charge is 2.31. The first-order chi connectivity index (χ1) is 13.4.